The zero-order valence-corrected chi connectivity index (χ0v) is 14.7. The molecular formula is C22H27N2O+. The summed E-state index contributed by atoms with van der Waals surface area (Å²) < 4.78 is 0.939. The molecule has 0 radical (unpaired) electrons. The molecule has 0 saturated carbocycles. The second-order valence-corrected chi connectivity index (χ2v) is 7.71. The Morgan fingerprint density at radius 1 is 1.28 bits per heavy atom. The number of fused-ring (bicyclic) bond motifs is 4. The molecule has 1 N–H and O–H groups in total. The van der Waals surface area contributed by atoms with Crippen molar-refractivity contribution in [3.8, 4) is 0 Å². The lowest BCUT2D eigenvalue weighted by Gasteiger charge is -2.57. The van der Waals surface area contributed by atoms with Crippen molar-refractivity contribution < 1.29 is 9.59 Å². The minimum atomic E-state index is -0.471. The van der Waals surface area contributed by atoms with Gasteiger partial charge in [0.1, 0.15) is 12.1 Å². The average Bonchev–Trinajstić information content (AvgIpc) is 2.67. The van der Waals surface area contributed by atoms with Gasteiger partial charge < -0.3 is 9.59 Å². The Labute approximate surface area is 149 Å². The molecule has 25 heavy (non-hydrogen) atoms. The van der Waals surface area contributed by atoms with Crippen molar-refractivity contribution >= 4 is 10.9 Å². The SMILES string of the molecule is C=CC[N@@+]12CC[C@@H](C[C@H]1[C@H](O)c1ccnc3ccccc13)[C@@H](C=C)C2. The van der Waals surface area contributed by atoms with Crippen molar-refractivity contribution in [3.63, 3.8) is 0 Å². The third-order valence-corrected chi connectivity index (χ3v) is 6.53. The number of aliphatic hydroxyl groups is 1. The number of piperidine rings is 3. The lowest BCUT2D eigenvalue weighted by molar-refractivity contribution is -0.968. The van der Waals surface area contributed by atoms with Gasteiger partial charge in [-0.05, 0) is 29.7 Å². The molecule has 2 bridgehead atoms. The zero-order valence-electron chi connectivity index (χ0n) is 14.7. The number of hydrogen-bond acceptors (Lipinski definition) is 2. The van der Waals surface area contributed by atoms with Crippen molar-refractivity contribution in [2.75, 3.05) is 19.6 Å². The minimum absolute atomic E-state index is 0.221. The molecule has 5 atom stereocenters. The number of aromatic nitrogens is 1. The smallest absolute Gasteiger partial charge is 0.131 e. The van der Waals surface area contributed by atoms with Crippen LogP contribution in [0.15, 0.2) is 61.8 Å². The fourth-order valence-electron chi connectivity index (χ4n) is 5.26. The van der Waals surface area contributed by atoms with Crippen LogP contribution >= 0.6 is 0 Å². The van der Waals surface area contributed by atoms with E-state index in [1.165, 1.54) is 6.42 Å². The number of nitrogens with zero attached hydrogens (tertiary/aromatic N) is 2. The summed E-state index contributed by atoms with van der Waals surface area (Å²) in [6.45, 7) is 11.2. The van der Waals surface area contributed by atoms with Crippen LogP contribution in [0, 0.1) is 11.8 Å². The summed E-state index contributed by atoms with van der Waals surface area (Å²) in [4.78, 5) is 4.45. The molecule has 2 aromatic rings. The highest BCUT2D eigenvalue weighted by molar-refractivity contribution is 5.82. The van der Waals surface area contributed by atoms with Gasteiger partial charge in [0.2, 0.25) is 0 Å². The quantitative estimate of drug-likeness (QED) is 0.665. The van der Waals surface area contributed by atoms with Gasteiger partial charge in [-0.2, -0.15) is 0 Å². The van der Waals surface area contributed by atoms with Gasteiger partial charge in [-0.25, -0.2) is 0 Å². The van der Waals surface area contributed by atoms with Crippen LogP contribution in [0.3, 0.4) is 0 Å². The number of pyridine rings is 1. The van der Waals surface area contributed by atoms with E-state index in [4.69, 9.17) is 0 Å². The number of hydrogen-bond donors (Lipinski definition) is 1. The molecule has 1 aromatic heterocycles. The summed E-state index contributed by atoms with van der Waals surface area (Å²) >= 11 is 0. The molecule has 0 aliphatic carbocycles. The first-order valence-electron chi connectivity index (χ1n) is 9.29. The standard InChI is InChI=1S/C22H27N2O/c1-3-12-24-13-10-17(16(4-2)15-24)14-21(24)22(25)19-9-11-23-20-8-6-5-7-18(19)20/h3-9,11,16-17,21-22,25H,1-2,10,12-15H2/q+1/t16-,17-,21-,22+,24-/m0/s1. The first-order valence-corrected chi connectivity index (χ1v) is 9.29. The van der Waals surface area contributed by atoms with Crippen molar-refractivity contribution in [3.05, 3.63) is 67.4 Å². The van der Waals surface area contributed by atoms with E-state index in [2.05, 4.69) is 30.3 Å². The normalized spacial score (nSPS) is 32.4. The Morgan fingerprint density at radius 3 is 2.92 bits per heavy atom. The highest BCUT2D eigenvalue weighted by Crippen LogP contribution is 2.46. The Bertz CT molecular complexity index is 796. The van der Waals surface area contributed by atoms with E-state index in [0.717, 1.165) is 47.0 Å². The van der Waals surface area contributed by atoms with Crippen LogP contribution < -0.4 is 0 Å². The Balaban J connectivity index is 1.74. The topological polar surface area (TPSA) is 33.1 Å². The first-order chi connectivity index (χ1) is 12.2. The first kappa shape index (κ1) is 16.5. The van der Waals surface area contributed by atoms with E-state index in [-0.39, 0.29) is 6.04 Å². The van der Waals surface area contributed by atoms with Gasteiger partial charge in [0.25, 0.3) is 0 Å². The van der Waals surface area contributed by atoms with Crippen LogP contribution in [0.5, 0.6) is 0 Å². The van der Waals surface area contributed by atoms with Crippen LogP contribution in [-0.2, 0) is 0 Å². The highest BCUT2D eigenvalue weighted by atomic mass is 16.3. The fourth-order valence-corrected chi connectivity index (χ4v) is 5.26. The lowest BCUT2D eigenvalue weighted by atomic mass is 9.71. The maximum absolute atomic E-state index is 11.4. The predicted octanol–water partition coefficient (Wildman–Crippen LogP) is 3.87. The van der Waals surface area contributed by atoms with Crippen molar-refractivity contribution in [1.82, 2.24) is 4.98 Å². The number of quaternary nitrogens is 1. The number of rotatable bonds is 5. The summed E-state index contributed by atoms with van der Waals surface area (Å²) in [5.74, 6) is 1.21. The maximum Gasteiger partial charge on any atom is 0.131 e. The summed E-state index contributed by atoms with van der Waals surface area (Å²) in [7, 11) is 0. The van der Waals surface area contributed by atoms with E-state index < -0.39 is 6.10 Å². The minimum Gasteiger partial charge on any atom is -0.382 e. The molecule has 3 saturated heterocycles. The molecule has 0 spiro atoms. The Hall–Kier alpha value is -1.97. The van der Waals surface area contributed by atoms with E-state index >= 15 is 0 Å². The molecule has 3 nitrogen and oxygen atoms in total. The van der Waals surface area contributed by atoms with Crippen molar-refractivity contribution in [1.29, 1.82) is 0 Å². The van der Waals surface area contributed by atoms with Gasteiger partial charge >= 0.3 is 0 Å². The third-order valence-electron chi connectivity index (χ3n) is 6.53. The van der Waals surface area contributed by atoms with Crippen LogP contribution in [0.1, 0.15) is 24.5 Å². The summed E-state index contributed by atoms with van der Waals surface area (Å²) in [5, 5.41) is 12.5. The second-order valence-electron chi connectivity index (χ2n) is 7.71. The number of para-hydroxylation sites is 1. The van der Waals surface area contributed by atoms with Crippen LogP contribution in [0.2, 0.25) is 0 Å². The van der Waals surface area contributed by atoms with Crippen LogP contribution in [0.25, 0.3) is 10.9 Å². The molecule has 0 unspecified atom stereocenters. The number of aliphatic hydroxyl groups excluding tert-OH is 1. The van der Waals surface area contributed by atoms with E-state index in [1.807, 2.05) is 36.5 Å². The molecule has 5 rings (SSSR count). The maximum atomic E-state index is 11.4. The Kier molecular flexibility index (Phi) is 4.22. The van der Waals surface area contributed by atoms with Crippen LogP contribution in [0.4, 0.5) is 0 Å². The van der Waals surface area contributed by atoms with Gasteiger partial charge in [0.15, 0.2) is 0 Å². The second kappa shape index (κ2) is 6.40. The van der Waals surface area contributed by atoms with Crippen LogP contribution in [-0.4, -0.2) is 40.2 Å². The summed E-state index contributed by atoms with van der Waals surface area (Å²) in [6.07, 6.45) is 7.79. The third kappa shape index (κ3) is 2.62. The van der Waals surface area contributed by atoms with Crippen molar-refractivity contribution in [2.45, 2.75) is 25.0 Å². The van der Waals surface area contributed by atoms with Gasteiger partial charge in [-0.1, -0.05) is 30.9 Å². The molecule has 1 aromatic carbocycles. The van der Waals surface area contributed by atoms with Gasteiger partial charge in [-0.3, -0.25) is 4.98 Å². The molecule has 3 aliphatic heterocycles. The van der Waals surface area contributed by atoms with Crippen molar-refractivity contribution in [2.24, 2.45) is 11.8 Å². The van der Waals surface area contributed by atoms with E-state index in [1.54, 1.807) is 0 Å². The fraction of sp³-hybridized carbons (Fsp3) is 0.409. The molecule has 3 heteroatoms. The monoisotopic (exact) mass is 335 g/mol. The Morgan fingerprint density at radius 2 is 2.12 bits per heavy atom. The molecule has 130 valence electrons. The van der Waals surface area contributed by atoms with E-state index in [0.29, 0.717) is 11.8 Å². The van der Waals surface area contributed by atoms with Gasteiger partial charge in [0, 0.05) is 30.3 Å². The summed E-state index contributed by atoms with van der Waals surface area (Å²) in [5.41, 5.74) is 1.97. The molecule has 3 aliphatic rings. The highest BCUT2D eigenvalue weighted by Gasteiger charge is 2.53. The molecule has 3 fully saturated rings. The summed E-state index contributed by atoms with van der Waals surface area (Å²) in [6, 6.07) is 10.3. The molecule has 4 heterocycles. The molecular weight excluding hydrogens is 308 g/mol. The average molecular weight is 335 g/mol. The zero-order chi connectivity index (χ0) is 17.4. The largest absolute Gasteiger partial charge is 0.382 e. The van der Waals surface area contributed by atoms with E-state index in [9.17, 15) is 5.11 Å². The van der Waals surface area contributed by atoms with Gasteiger partial charge in [-0.15, -0.1) is 6.58 Å². The van der Waals surface area contributed by atoms with Gasteiger partial charge in [0.05, 0.1) is 25.2 Å². The predicted molar refractivity (Wildman–Crippen MR) is 102 cm³/mol. The lowest BCUT2D eigenvalue weighted by Crippen LogP contribution is -2.68. The molecule has 0 amide bonds. The number of benzene rings is 1.